The Morgan fingerprint density at radius 3 is 2.52 bits per heavy atom. The molecule has 2 heterocycles. The number of hydrogen-bond donors (Lipinski definition) is 0. The number of esters is 1. The summed E-state index contributed by atoms with van der Waals surface area (Å²) in [6.07, 6.45) is 1.77. The van der Waals surface area contributed by atoms with Crippen molar-refractivity contribution in [3.8, 4) is 17.2 Å². The highest BCUT2D eigenvalue weighted by atomic mass is 35.5. The molecule has 11 heteroatoms. The van der Waals surface area contributed by atoms with Crippen LogP contribution in [-0.2, 0) is 16.1 Å². The zero-order chi connectivity index (χ0) is 31.4. The molecule has 0 N–H and O–H groups in total. The summed E-state index contributed by atoms with van der Waals surface area (Å²) in [6, 6.07) is 17.2. The molecule has 0 saturated carbocycles. The Bertz CT molecular complexity index is 1930. The fourth-order valence-electron chi connectivity index (χ4n) is 4.91. The first-order valence-corrected chi connectivity index (χ1v) is 15.5. The van der Waals surface area contributed by atoms with Crippen LogP contribution in [0.4, 0.5) is 0 Å². The van der Waals surface area contributed by atoms with Crippen molar-refractivity contribution in [3.05, 3.63) is 118 Å². The normalized spacial score (nSPS) is 14.6. The van der Waals surface area contributed by atoms with Crippen molar-refractivity contribution in [3.63, 3.8) is 0 Å². The molecule has 8 nitrogen and oxygen atoms in total. The predicted molar refractivity (Wildman–Crippen MR) is 172 cm³/mol. The number of hydrogen-bond acceptors (Lipinski definition) is 8. The molecule has 0 amide bonds. The van der Waals surface area contributed by atoms with Gasteiger partial charge >= 0.3 is 5.97 Å². The topological polar surface area (TPSA) is 88.4 Å². The van der Waals surface area contributed by atoms with E-state index in [1.54, 1.807) is 51.3 Å². The molecule has 0 saturated heterocycles. The second-order valence-electron chi connectivity index (χ2n) is 9.71. The number of methoxy groups -OCH3 is 1. The van der Waals surface area contributed by atoms with Gasteiger partial charge in [0.1, 0.15) is 12.4 Å². The summed E-state index contributed by atoms with van der Waals surface area (Å²) in [7, 11) is 1.56. The Balaban J connectivity index is 1.61. The molecule has 5 rings (SSSR count). The molecule has 0 bridgehead atoms. The van der Waals surface area contributed by atoms with E-state index in [1.807, 2.05) is 43.3 Å². The van der Waals surface area contributed by atoms with Crippen LogP contribution in [0.2, 0.25) is 10.0 Å². The third kappa shape index (κ3) is 6.40. The number of carbonyl (C=O) groups is 1. The third-order valence-electron chi connectivity index (χ3n) is 6.92. The summed E-state index contributed by atoms with van der Waals surface area (Å²) in [5.41, 5.74) is 2.57. The van der Waals surface area contributed by atoms with Crippen LogP contribution < -0.4 is 29.1 Å². The fraction of sp³-hybridized carbons (Fsp3) is 0.242. The summed E-state index contributed by atoms with van der Waals surface area (Å²) in [5.74, 6) is 1.07. The molecule has 228 valence electrons. The minimum atomic E-state index is -0.795. The number of para-hydroxylation sites is 1. The Morgan fingerprint density at radius 1 is 1.00 bits per heavy atom. The van der Waals surface area contributed by atoms with Crippen LogP contribution in [0.5, 0.6) is 17.2 Å². The van der Waals surface area contributed by atoms with Gasteiger partial charge in [-0.05, 0) is 62.7 Å². The largest absolute Gasteiger partial charge is 0.493 e. The predicted octanol–water partition coefficient (Wildman–Crippen LogP) is 6.09. The summed E-state index contributed by atoms with van der Waals surface area (Å²) >= 11 is 13.6. The van der Waals surface area contributed by atoms with Gasteiger partial charge in [0.2, 0.25) is 0 Å². The van der Waals surface area contributed by atoms with Crippen LogP contribution in [0.15, 0.2) is 81.7 Å². The number of rotatable bonds is 10. The number of benzene rings is 3. The molecule has 1 aromatic heterocycles. The zero-order valence-corrected chi connectivity index (χ0v) is 26.9. The van der Waals surface area contributed by atoms with Crippen LogP contribution in [0.25, 0.3) is 6.08 Å². The maximum Gasteiger partial charge on any atom is 0.338 e. The first-order valence-electron chi connectivity index (χ1n) is 13.9. The molecule has 0 radical (unpaired) electrons. The minimum Gasteiger partial charge on any atom is -0.493 e. The third-order valence-corrected chi connectivity index (χ3v) is 8.49. The van der Waals surface area contributed by atoms with Gasteiger partial charge in [-0.1, -0.05) is 64.9 Å². The Labute approximate surface area is 268 Å². The summed E-state index contributed by atoms with van der Waals surface area (Å²) < 4.78 is 24.8. The SMILES string of the molecule is CCOC(=O)C1=C(C)N=c2s/c(=C/c3ccccc3OCc3ccc(Cl)cc3Cl)c(=O)n2[C@H]1c1ccc(OC)c(OCC)c1. The van der Waals surface area contributed by atoms with E-state index in [0.29, 0.717) is 60.1 Å². The molecule has 0 spiro atoms. The van der Waals surface area contributed by atoms with E-state index in [1.165, 1.54) is 15.9 Å². The van der Waals surface area contributed by atoms with Crippen LogP contribution >= 0.6 is 34.5 Å². The van der Waals surface area contributed by atoms with Crippen molar-refractivity contribution in [2.24, 2.45) is 4.99 Å². The average Bonchev–Trinajstić information content (AvgIpc) is 3.30. The molecule has 4 aromatic rings. The van der Waals surface area contributed by atoms with Gasteiger partial charge in [-0.25, -0.2) is 9.79 Å². The van der Waals surface area contributed by atoms with E-state index >= 15 is 0 Å². The first-order chi connectivity index (χ1) is 21.2. The van der Waals surface area contributed by atoms with Gasteiger partial charge < -0.3 is 18.9 Å². The van der Waals surface area contributed by atoms with Gasteiger partial charge in [0.05, 0.1) is 42.2 Å². The quantitative estimate of drug-likeness (QED) is 0.193. The molecular weight excluding hydrogens is 623 g/mol. The van der Waals surface area contributed by atoms with Gasteiger partial charge in [0.15, 0.2) is 16.3 Å². The van der Waals surface area contributed by atoms with Gasteiger partial charge in [-0.15, -0.1) is 0 Å². The van der Waals surface area contributed by atoms with E-state index in [0.717, 1.165) is 5.56 Å². The average molecular weight is 654 g/mol. The lowest BCUT2D eigenvalue weighted by atomic mass is 9.95. The highest BCUT2D eigenvalue weighted by molar-refractivity contribution is 7.07. The zero-order valence-electron chi connectivity index (χ0n) is 24.6. The maximum atomic E-state index is 14.1. The second kappa shape index (κ2) is 13.7. The molecule has 44 heavy (non-hydrogen) atoms. The van der Waals surface area contributed by atoms with Crippen molar-refractivity contribution < 1.29 is 23.7 Å². The standard InChI is InChI=1S/C33H30Cl2N2O6S/c1-5-41-27-15-21(12-14-26(27)40-4)30-29(32(39)42-6-2)19(3)36-33-37(30)31(38)28(44-33)16-20-9-7-8-10-25(20)43-18-22-11-13-23(34)17-24(22)35/h7-17,30H,5-6,18H2,1-4H3/b28-16+/t30-/m0/s1. The number of ether oxygens (including phenoxy) is 4. The summed E-state index contributed by atoms with van der Waals surface area (Å²) in [4.78, 5) is 32.5. The van der Waals surface area contributed by atoms with Crippen LogP contribution in [0.1, 0.15) is 43.5 Å². The van der Waals surface area contributed by atoms with E-state index in [-0.39, 0.29) is 24.3 Å². The Kier molecular flexibility index (Phi) is 9.78. The van der Waals surface area contributed by atoms with E-state index in [2.05, 4.69) is 4.99 Å². The number of halogens is 2. The van der Waals surface area contributed by atoms with Gasteiger partial charge in [-0.2, -0.15) is 0 Å². The number of nitrogens with zero attached hydrogens (tertiary/aromatic N) is 2. The maximum absolute atomic E-state index is 14.1. The molecule has 3 aromatic carbocycles. The van der Waals surface area contributed by atoms with E-state index in [4.69, 9.17) is 42.1 Å². The molecule has 1 aliphatic heterocycles. The van der Waals surface area contributed by atoms with Gasteiger partial charge in [-0.3, -0.25) is 9.36 Å². The molecule has 1 atom stereocenters. The monoisotopic (exact) mass is 652 g/mol. The van der Waals surface area contributed by atoms with Crippen molar-refractivity contribution in [1.82, 2.24) is 4.57 Å². The lowest BCUT2D eigenvalue weighted by molar-refractivity contribution is -0.139. The number of thiazole rings is 1. The molecule has 1 aliphatic rings. The molecular formula is C33H30Cl2N2O6S. The smallest absolute Gasteiger partial charge is 0.338 e. The van der Waals surface area contributed by atoms with Crippen molar-refractivity contribution >= 4 is 46.6 Å². The van der Waals surface area contributed by atoms with Gasteiger partial charge in [0.25, 0.3) is 5.56 Å². The van der Waals surface area contributed by atoms with Crippen LogP contribution in [-0.4, -0.2) is 30.9 Å². The number of fused-ring (bicyclic) bond motifs is 1. The molecule has 0 aliphatic carbocycles. The van der Waals surface area contributed by atoms with Gasteiger partial charge in [0, 0.05) is 21.2 Å². The molecule has 0 fully saturated rings. The van der Waals surface area contributed by atoms with E-state index < -0.39 is 12.0 Å². The van der Waals surface area contributed by atoms with Crippen molar-refractivity contribution in [2.75, 3.05) is 20.3 Å². The summed E-state index contributed by atoms with van der Waals surface area (Å²) in [6.45, 7) is 6.15. The second-order valence-corrected chi connectivity index (χ2v) is 11.6. The minimum absolute atomic E-state index is 0.178. The lowest BCUT2D eigenvalue weighted by Gasteiger charge is -2.25. The van der Waals surface area contributed by atoms with Crippen LogP contribution in [0, 0.1) is 0 Å². The highest BCUT2D eigenvalue weighted by Gasteiger charge is 2.34. The fourth-order valence-corrected chi connectivity index (χ4v) is 6.41. The van der Waals surface area contributed by atoms with Crippen molar-refractivity contribution in [2.45, 2.75) is 33.4 Å². The number of allylic oxidation sites excluding steroid dienone is 1. The number of carbonyl (C=O) groups excluding carboxylic acids is 1. The molecule has 0 unspecified atom stereocenters. The lowest BCUT2D eigenvalue weighted by Crippen LogP contribution is -2.40. The van der Waals surface area contributed by atoms with Crippen LogP contribution in [0.3, 0.4) is 0 Å². The number of aromatic nitrogens is 1. The first kappa shape index (κ1) is 31.4. The highest BCUT2D eigenvalue weighted by Crippen LogP contribution is 2.36. The Morgan fingerprint density at radius 2 is 1.80 bits per heavy atom. The Hall–Kier alpha value is -4.05. The van der Waals surface area contributed by atoms with E-state index in [9.17, 15) is 9.59 Å². The van der Waals surface area contributed by atoms with Crippen molar-refractivity contribution in [1.29, 1.82) is 0 Å². The summed E-state index contributed by atoms with van der Waals surface area (Å²) in [5, 5.41) is 1.04.